The number of aromatic nitrogens is 1. The normalized spacial score (nSPS) is 11.3. The van der Waals surface area contributed by atoms with E-state index in [4.69, 9.17) is 0 Å². The zero-order chi connectivity index (χ0) is 13.3. The number of nitro groups is 1. The van der Waals surface area contributed by atoms with E-state index in [-0.39, 0.29) is 10.6 Å². The molecule has 1 heterocycles. The molecule has 2 rings (SSSR count). The molecule has 0 bridgehead atoms. The third kappa shape index (κ3) is 1.98. The molecule has 0 saturated heterocycles. The number of nitro benzene ring substituents is 1. The second kappa shape index (κ2) is 4.80. The van der Waals surface area contributed by atoms with Gasteiger partial charge in [0.25, 0.3) is 5.69 Å². The van der Waals surface area contributed by atoms with Crippen LogP contribution in [-0.2, 0) is 0 Å². The Morgan fingerprint density at radius 1 is 1.28 bits per heavy atom. The largest absolute Gasteiger partial charge is 0.342 e. The minimum Gasteiger partial charge on any atom is -0.342 e. The first-order valence-electron chi connectivity index (χ1n) is 6.34. The van der Waals surface area contributed by atoms with Gasteiger partial charge in [-0.2, -0.15) is 0 Å². The van der Waals surface area contributed by atoms with Gasteiger partial charge < -0.3 is 4.57 Å². The third-order valence-corrected chi connectivity index (χ3v) is 3.53. The van der Waals surface area contributed by atoms with Crippen molar-refractivity contribution in [1.29, 1.82) is 0 Å². The smallest absolute Gasteiger partial charge is 0.270 e. The van der Waals surface area contributed by atoms with E-state index < -0.39 is 0 Å². The molecule has 0 radical (unpaired) electrons. The lowest BCUT2D eigenvalue weighted by Crippen LogP contribution is -2.08. The fraction of sp³-hybridized carbons (Fsp3) is 0.429. The average Bonchev–Trinajstić information content (AvgIpc) is 2.67. The summed E-state index contributed by atoms with van der Waals surface area (Å²) in [7, 11) is 0. The van der Waals surface area contributed by atoms with Crippen LogP contribution in [0.25, 0.3) is 10.9 Å². The molecule has 0 aliphatic carbocycles. The lowest BCUT2D eigenvalue weighted by atomic mass is 10.1. The SMILES string of the molecule is CCC(CC)n1c(C)cc2cc([N+](=O)[O-])ccc21. The molecule has 0 aliphatic heterocycles. The molecular weight excluding hydrogens is 228 g/mol. The molecule has 4 nitrogen and oxygen atoms in total. The Balaban J connectivity index is 2.62. The van der Waals surface area contributed by atoms with Crippen LogP contribution in [0, 0.1) is 17.0 Å². The minimum absolute atomic E-state index is 0.157. The Bertz CT molecular complexity index is 583. The van der Waals surface area contributed by atoms with Crippen molar-refractivity contribution in [3.8, 4) is 0 Å². The van der Waals surface area contributed by atoms with E-state index in [1.54, 1.807) is 12.1 Å². The molecule has 96 valence electrons. The first kappa shape index (κ1) is 12.6. The summed E-state index contributed by atoms with van der Waals surface area (Å²) < 4.78 is 2.29. The van der Waals surface area contributed by atoms with Gasteiger partial charge in [-0.3, -0.25) is 10.1 Å². The Labute approximate surface area is 106 Å². The molecule has 0 N–H and O–H groups in total. The average molecular weight is 246 g/mol. The van der Waals surface area contributed by atoms with Gasteiger partial charge in [-0.1, -0.05) is 13.8 Å². The fourth-order valence-corrected chi connectivity index (χ4v) is 2.61. The Kier molecular flexibility index (Phi) is 3.36. The van der Waals surface area contributed by atoms with Gasteiger partial charge in [0, 0.05) is 34.8 Å². The molecule has 0 fully saturated rings. The van der Waals surface area contributed by atoms with Crippen LogP contribution in [0.5, 0.6) is 0 Å². The van der Waals surface area contributed by atoms with Crippen molar-refractivity contribution in [2.45, 2.75) is 39.7 Å². The maximum Gasteiger partial charge on any atom is 0.270 e. The molecule has 18 heavy (non-hydrogen) atoms. The van der Waals surface area contributed by atoms with Gasteiger partial charge in [-0.05, 0) is 31.9 Å². The molecule has 0 aliphatic rings. The van der Waals surface area contributed by atoms with E-state index in [2.05, 4.69) is 25.3 Å². The number of aryl methyl sites for hydroxylation is 1. The number of rotatable bonds is 4. The molecule has 1 aromatic carbocycles. The zero-order valence-electron chi connectivity index (χ0n) is 11.0. The van der Waals surface area contributed by atoms with E-state index in [0.29, 0.717) is 6.04 Å². The molecule has 0 atom stereocenters. The second-order valence-electron chi connectivity index (χ2n) is 4.63. The van der Waals surface area contributed by atoms with Gasteiger partial charge in [0.1, 0.15) is 0 Å². The number of hydrogen-bond acceptors (Lipinski definition) is 2. The highest BCUT2D eigenvalue weighted by Gasteiger charge is 2.15. The van der Waals surface area contributed by atoms with Crippen LogP contribution in [0.2, 0.25) is 0 Å². The van der Waals surface area contributed by atoms with Crippen LogP contribution in [0.15, 0.2) is 24.3 Å². The van der Waals surface area contributed by atoms with Crippen molar-refractivity contribution in [2.75, 3.05) is 0 Å². The maximum atomic E-state index is 10.8. The van der Waals surface area contributed by atoms with E-state index in [1.165, 1.54) is 5.69 Å². The Morgan fingerprint density at radius 2 is 1.94 bits per heavy atom. The quantitative estimate of drug-likeness (QED) is 0.599. The van der Waals surface area contributed by atoms with Crippen LogP contribution in [0.1, 0.15) is 38.4 Å². The van der Waals surface area contributed by atoms with Gasteiger partial charge in [0.05, 0.1) is 4.92 Å². The van der Waals surface area contributed by atoms with E-state index >= 15 is 0 Å². The topological polar surface area (TPSA) is 48.1 Å². The lowest BCUT2D eigenvalue weighted by molar-refractivity contribution is -0.384. The van der Waals surface area contributed by atoms with Crippen LogP contribution in [-0.4, -0.2) is 9.49 Å². The maximum absolute atomic E-state index is 10.8. The van der Waals surface area contributed by atoms with Crippen molar-refractivity contribution in [2.24, 2.45) is 0 Å². The highest BCUT2D eigenvalue weighted by atomic mass is 16.6. The van der Waals surface area contributed by atoms with Crippen molar-refractivity contribution >= 4 is 16.6 Å². The summed E-state index contributed by atoms with van der Waals surface area (Å²) in [4.78, 5) is 10.4. The van der Waals surface area contributed by atoms with Gasteiger partial charge >= 0.3 is 0 Å². The number of benzene rings is 1. The van der Waals surface area contributed by atoms with E-state index in [9.17, 15) is 10.1 Å². The van der Waals surface area contributed by atoms with Gasteiger partial charge in [-0.15, -0.1) is 0 Å². The number of fused-ring (bicyclic) bond motifs is 1. The fourth-order valence-electron chi connectivity index (χ4n) is 2.61. The van der Waals surface area contributed by atoms with Crippen LogP contribution in [0.4, 0.5) is 5.69 Å². The standard InChI is InChI=1S/C14H18N2O2/c1-4-12(5-2)15-10(3)8-11-9-13(16(17)18)6-7-14(11)15/h6-9,12H,4-5H2,1-3H3. The zero-order valence-corrected chi connectivity index (χ0v) is 11.0. The predicted molar refractivity (Wildman–Crippen MR) is 72.9 cm³/mol. The number of nitrogens with zero attached hydrogens (tertiary/aromatic N) is 2. The number of non-ortho nitro benzene ring substituents is 1. The molecule has 2 aromatic rings. The summed E-state index contributed by atoms with van der Waals surface area (Å²) >= 11 is 0. The van der Waals surface area contributed by atoms with Crippen molar-refractivity contribution in [3.63, 3.8) is 0 Å². The van der Waals surface area contributed by atoms with Crippen molar-refractivity contribution < 1.29 is 4.92 Å². The molecule has 1 aromatic heterocycles. The predicted octanol–water partition coefficient (Wildman–Crippen LogP) is 4.22. The second-order valence-corrected chi connectivity index (χ2v) is 4.63. The summed E-state index contributed by atoms with van der Waals surface area (Å²) in [6.07, 6.45) is 2.14. The minimum atomic E-state index is -0.344. The molecule has 0 unspecified atom stereocenters. The van der Waals surface area contributed by atoms with E-state index in [0.717, 1.165) is 23.7 Å². The molecule has 0 amide bonds. The van der Waals surface area contributed by atoms with Crippen LogP contribution < -0.4 is 0 Å². The molecule has 0 saturated carbocycles. The first-order valence-corrected chi connectivity index (χ1v) is 6.34. The highest BCUT2D eigenvalue weighted by Crippen LogP contribution is 2.29. The monoisotopic (exact) mass is 246 g/mol. The Hall–Kier alpha value is -1.84. The summed E-state index contributed by atoms with van der Waals surface area (Å²) in [5.41, 5.74) is 2.41. The van der Waals surface area contributed by atoms with Crippen molar-refractivity contribution in [1.82, 2.24) is 4.57 Å². The summed E-state index contributed by atoms with van der Waals surface area (Å²) in [6.45, 7) is 6.40. The van der Waals surface area contributed by atoms with Gasteiger partial charge in [0.2, 0.25) is 0 Å². The van der Waals surface area contributed by atoms with Gasteiger partial charge in [-0.25, -0.2) is 0 Å². The number of hydrogen-bond donors (Lipinski definition) is 0. The van der Waals surface area contributed by atoms with Crippen LogP contribution in [0.3, 0.4) is 0 Å². The summed E-state index contributed by atoms with van der Waals surface area (Å²) in [5, 5.41) is 11.7. The Morgan fingerprint density at radius 3 is 2.50 bits per heavy atom. The lowest BCUT2D eigenvalue weighted by Gasteiger charge is -2.18. The van der Waals surface area contributed by atoms with Crippen LogP contribution >= 0.6 is 0 Å². The van der Waals surface area contributed by atoms with Crippen molar-refractivity contribution in [3.05, 3.63) is 40.1 Å². The summed E-state index contributed by atoms with van der Waals surface area (Å²) in [6, 6.07) is 7.59. The molecule has 4 heteroatoms. The van der Waals surface area contributed by atoms with E-state index in [1.807, 2.05) is 12.1 Å². The summed E-state index contributed by atoms with van der Waals surface area (Å²) in [5.74, 6) is 0. The first-order chi connectivity index (χ1) is 8.58. The van der Waals surface area contributed by atoms with Gasteiger partial charge in [0.15, 0.2) is 0 Å². The molecular formula is C14H18N2O2. The third-order valence-electron chi connectivity index (χ3n) is 3.53. The highest BCUT2D eigenvalue weighted by molar-refractivity contribution is 5.83. The molecule has 0 spiro atoms.